The van der Waals surface area contributed by atoms with Gasteiger partial charge < -0.3 is 9.47 Å². The van der Waals surface area contributed by atoms with Gasteiger partial charge >= 0.3 is 0 Å². The highest BCUT2D eigenvalue weighted by Gasteiger charge is 2.12. The van der Waals surface area contributed by atoms with Gasteiger partial charge in [-0.1, -0.05) is 31.2 Å². The molecular weight excluding hydrogens is 428 g/mol. The van der Waals surface area contributed by atoms with Crippen LogP contribution >= 0.6 is 0 Å². The summed E-state index contributed by atoms with van der Waals surface area (Å²) in [7, 11) is 1.56. The number of nitrogens with one attached hydrogen (secondary N) is 1. The van der Waals surface area contributed by atoms with Crippen LogP contribution in [0, 0.1) is 0 Å². The van der Waals surface area contributed by atoms with Crippen molar-refractivity contribution in [3.05, 3.63) is 96.2 Å². The Bertz CT molecular complexity index is 1260. The van der Waals surface area contributed by atoms with E-state index in [1.807, 2.05) is 60.8 Å². The molecular formula is C27H26N4O3. The molecule has 1 amide bonds. The van der Waals surface area contributed by atoms with Crippen molar-refractivity contribution < 1.29 is 14.3 Å². The molecule has 34 heavy (non-hydrogen) atoms. The number of ether oxygens (including phenoxy) is 2. The van der Waals surface area contributed by atoms with Crippen LogP contribution in [0.25, 0.3) is 16.9 Å². The van der Waals surface area contributed by atoms with Gasteiger partial charge in [0.15, 0.2) is 0 Å². The van der Waals surface area contributed by atoms with Gasteiger partial charge in [-0.2, -0.15) is 10.2 Å². The number of methoxy groups -OCH3 is 1. The third-order valence-electron chi connectivity index (χ3n) is 5.07. The maximum absolute atomic E-state index is 12.5. The van der Waals surface area contributed by atoms with Crippen LogP contribution < -0.4 is 14.9 Å². The van der Waals surface area contributed by atoms with E-state index in [1.165, 1.54) is 0 Å². The van der Waals surface area contributed by atoms with Crippen LogP contribution in [0.5, 0.6) is 11.5 Å². The van der Waals surface area contributed by atoms with E-state index < -0.39 is 0 Å². The maximum Gasteiger partial charge on any atom is 0.271 e. The number of para-hydroxylation sites is 1. The van der Waals surface area contributed by atoms with E-state index in [0.717, 1.165) is 34.7 Å². The fraction of sp³-hybridized carbons (Fsp3) is 0.148. The van der Waals surface area contributed by atoms with Crippen molar-refractivity contribution in [1.82, 2.24) is 15.2 Å². The fourth-order valence-electron chi connectivity index (χ4n) is 3.34. The third-order valence-corrected chi connectivity index (χ3v) is 5.07. The second-order valence-electron chi connectivity index (χ2n) is 7.52. The topological polar surface area (TPSA) is 77.7 Å². The van der Waals surface area contributed by atoms with Crippen molar-refractivity contribution in [2.24, 2.45) is 5.10 Å². The number of nitrogens with zero attached hydrogens (tertiary/aromatic N) is 3. The Kier molecular flexibility index (Phi) is 7.35. The van der Waals surface area contributed by atoms with Crippen LogP contribution in [0.2, 0.25) is 0 Å². The molecule has 0 fully saturated rings. The molecule has 0 bridgehead atoms. The van der Waals surface area contributed by atoms with E-state index in [1.54, 1.807) is 42.3 Å². The lowest BCUT2D eigenvalue weighted by Crippen LogP contribution is -2.17. The Morgan fingerprint density at radius 2 is 1.82 bits per heavy atom. The SMILES string of the molecule is CCCOc1ccc(-c2nn(-c3ccccc3)cc2C=NNC(=O)c2cccc(OC)c2)cc1. The molecule has 0 spiro atoms. The van der Waals surface area contributed by atoms with Gasteiger partial charge in [0.2, 0.25) is 0 Å². The summed E-state index contributed by atoms with van der Waals surface area (Å²) in [4.78, 5) is 12.5. The van der Waals surface area contributed by atoms with Gasteiger partial charge in [-0.3, -0.25) is 4.79 Å². The number of carbonyl (C=O) groups is 1. The minimum Gasteiger partial charge on any atom is -0.497 e. The number of amides is 1. The lowest BCUT2D eigenvalue weighted by Gasteiger charge is -2.05. The minimum atomic E-state index is -0.329. The number of rotatable bonds is 9. The molecule has 1 N–H and O–H groups in total. The van der Waals surface area contributed by atoms with Gasteiger partial charge in [0.25, 0.3) is 5.91 Å². The molecule has 0 aliphatic carbocycles. The standard InChI is InChI=1S/C27H26N4O3/c1-3-16-34-24-14-12-20(13-15-24)26-22(19-31(30-26)23-9-5-4-6-10-23)18-28-29-27(32)21-8-7-11-25(17-21)33-2/h4-15,17-19H,3,16H2,1-2H3,(H,29,32). The monoisotopic (exact) mass is 454 g/mol. The molecule has 4 rings (SSSR count). The van der Waals surface area contributed by atoms with Crippen molar-refractivity contribution >= 4 is 12.1 Å². The summed E-state index contributed by atoms with van der Waals surface area (Å²) in [5, 5.41) is 8.96. The summed E-state index contributed by atoms with van der Waals surface area (Å²) in [6.07, 6.45) is 4.43. The third kappa shape index (κ3) is 5.50. The predicted octanol–water partition coefficient (Wildman–Crippen LogP) is 5.10. The summed E-state index contributed by atoms with van der Waals surface area (Å²) in [5.41, 5.74) is 6.38. The van der Waals surface area contributed by atoms with E-state index in [2.05, 4.69) is 17.5 Å². The van der Waals surface area contributed by atoms with Gasteiger partial charge in [-0.15, -0.1) is 0 Å². The first-order valence-electron chi connectivity index (χ1n) is 11.0. The smallest absolute Gasteiger partial charge is 0.271 e. The molecule has 172 valence electrons. The second-order valence-corrected chi connectivity index (χ2v) is 7.52. The van der Waals surface area contributed by atoms with E-state index in [-0.39, 0.29) is 5.91 Å². The molecule has 0 unspecified atom stereocenters. The normalized spacial score (nSPS) is 10.9. The second kappa shape index (κ2) is 11.0. The number of aromatic nitrogens is 2. The molecule has 0 aliphatic heterocycles. The summed E-state index contributed by atoms with van der Waals surface area (Å²) < 4.78 is 12.7. The Labute approximate surface area is 198 Å². The average Bonchev–Trinajstić information content (AvgIpc) is 3.32. The summed E-state index contributed by atoms with van der Waals surface area (Å²) >= 11 is 0. The number of carbonyl (C=O) groups excluding carboxylic acids is 1. The zero-order valence-electron chi connectivity index (χ0n) is 19.1. The molecule has 0 radical (unpaired) electrons. The van der Waals surface area contributed by atoms with E-state index in [4.69, 9.17) is 14.6 Å². The molecule has 1 heterocycles. The molecule has 3 aromatic carbocycles. The lowest BCUT2D eigenvalue weighted by atomic mass is 10.1. The van der Waals surface area contributed by atoms with Crippen molar-refractivity contribution in [3.63, 3.8) is 0 Å². The van der Waals surface area contributed by atoms with Crippen molar-refractivity contribution in [2.45, 2.75) is 13.3 Å². The average molecular weight is 455 g/mol. The molecule has 7 nitrogen and oxygen atoms in total. The van der Waals surface area contributed by atoms with Crippen LogP contribution in [-0.2, 0) is 0 Å². The van der Waals surface area contributed by atoms with Crippen LogP contribution in [0.4, 0.5) is 0 Å². The van der Waals surface area contributed by atoms with Gasteiger partial charge in [0, 0.05) is 22.9 Å². The number of benzene rings is 3. The highest BCUT2D eigenvalue weighted by Crippen LogP contribution is 2.25. The Hall–Kier alpha value is -4.39. The fourth-order valence-corrected chi connectivity index (χ4v) is 3.34. The van der Waals surface area contributed by atoms with E-state index >= 15 is 0 Å². The lowest BCUT2D eigenvalue weighted by molar-refractivity contribution is 0.0955. The van der Waals surface area contributed by atoms with E-state index in [0.29, 0.717) is 17.9 Å². The van der Waals surface area contributed by atoms with Crippen molar-refractivity contribution in [3.8, 4) is 28.4 Å². The largest absolute Gasteiger partial charge is 0.497 e. The molecule has 0 saturated carbocycles. The number of hydrogen-bond acceptors (Lipinski definition) is 5. The number of hydrogen-bond donors (Lipinski definition) is 1. The molecule has 0 atom stereocenters. The zero-order valence-corrected chi connectivity index (χ0v) is 19.1. The number of hydrazone groups is 1. The predicted molar refractivity (Wildman–Crippen MR) is 133 cm³/mol. The maximum atomic E-state index is 12.5. The first-order valence-corrected chi connectivity index (χ1v) is 11.0. The van der Waals surface area contributed by atoms with Crippen molar-refractivity contribution in [1.29, 1.82) is 0 Å². The molecule has 1 aromatic heterocycles. The quantitative estimate of drug-likeness (QED) is 0.282. The van der Waals surface area contributed by atoms with E-state index in [9.17, 15) is 4.79 Å². The molecule has 0 aliphatic rings. The molecule has 7 heteroatoms. The van der Waals surface area contributed by atoms with Gasteiger partial charge in [0.1, 0.15) is 17.2 Å². The van der Waals surface area contributed by atoms with Gasteiger partial charge in [-0.05, 0) is 61.0 Å². The molecule has 4 aromatic rings. The molecule has 0 saturated heterocycles. The Morgan fingerprint density at radius 3 is 2.56 bits per heavy atom. The summed E-state index contributed by atoms with van der Waals surface area (Å²) in [6, 6.07) is 24.5. The van der Waals surface area contributed by atoms with Crippen LogP contribution in [0.3, 0.4) is 0 Å². The van der Waals surface area contributed by atoms with Crippen LogP contribution in [0.15, 0.2) is 90.2 Å². The minimum absolute atomic E-state index is 0.329. The van der Waals surface area contributed by atoms with Crippen LogP contribution in [0.1, 0.15) is 29.3 Å². The van der Waals surface area contributed by atoms with Gasteiger partial charge in [-0.25, -0.2) is 10.1 Å². The van der Waals surface area contributed by atoms with Crippen molar-refractivity contribution in [2.75, 3.05) is 13.7 Å². The summed E-state index contributed by atoms with van der Waals surface area (Å²) in [5.74, 6) is 1.09. The zero-order chi connectivity index (χ0) is 23.8. The van der Waals surface area contributed by atoms with Gasteiger partial charge in [0.05, 0.1) is 25.6 Å². The Balaban J connectivity index is 1.60. The first kappa shape index (κ1) is 22.8. The Morgan fingerprint density at radius 1 is 1.03 bits per heavy atom. The highest BCUT2D eigenvalue weighted by atomic mass is 16.5. The highest BCUT2D eigenvalue weighted by molar-refractivity contribution is 5.96. The first-order chi connectivity index (χ1) is 16.7. The van der Waals surface area contributed by atoms with Crippen LogP contribution in [-0.4, -0.2) is 35.6 Å². The summed E-state index contributed by atoms with van der Waals surface area (Å²) in [6.45, 7) is 2.75.